The van der Waals surface area contributed by atoms with Crippen LogP contribution in [0.25, 0.3) is 11.1 Å². The maximum absolute atomic E-state index is 11.2. The van der Waals surface area contributed by atoms with Crippen LogP contribution in [0.3, 0.4) is 0 Å². The maximum atomic E-state index is 11.2. The molecule has 0 unspecified atom stereocenters. The molecule has 0 fully saturated rings. The van der Waals surface area contributed by atoms with Crippen molar-refractivity contribution >= 4 is 11.1 Å². The monoisotopic (exact) mass is 176 g/mol. The first-order chi connectivity index (χ1) is 6.20. The van der Waals surface area contributed by atoms with E-state index in [9.17, 15) is 4.79 Å². The number of fused-ring (bicyclic) bond motifs is 1. The number of rotatable bonds is 0. The van der Waals surface area contributed by atoms with Gasteiger partial charge in [-0.05, 0) is 25.0 Å². The minimum absolute atomic E-state index is 0.297. The van der Waals surface area contributed by atoms with Crippen LogP contribution < -0.4 is 5.56 Å². The van der Waals surface area contributed by atoms with E-state index in [4.69, 9.17) is 4.42 Å². The Hall–Kier alpha value is -1.71. The molecule has 4 heteroatoms. The molecule has 4 nitrogen and oxygen atoms in total. The number of aromatic nitrogens is 2. The molecule has 0 aliphatic heterocycles. The summed E-state index contributed by atoms with van der Waals surface area (Å²) in [6.07, 6.45) is 2.80. The second-order valence-corrected chi connectivity index (χ2v) is 2.90. The number of nitrogens with zero attached hydrogens (tertiary/aromatic N) is 2. The molecule has 0 atom stereocenters. The Balaban J connectivity index is 3.03. The minimum atomic E-state index is -0.343. The maximum Gasteiger partial charge on any atom is 0.302 e. The summed E-state index contributed by atoms with van der Waals surface area (Å²) in [5, 5.41) is 0. The van der Waals surface area contributed by atoms with Crippen LogP contribution in [0.4, 0.5) is 0 Å². The number of hydrogen-bond donors (Lipinski definition) is 0. The van der Waals surface area contributed by atoms with Crippen molar-refractivity contribution in [1.82, 2.24) is 9.97 Å². The van der Waals surface area contributed by atoms with Gasteiger partial charge in [-0.25, -0.2) is 4.98 Å². The van der Waals surface area contributed by atoms with Crippen LogP contribution in [0.15, 0.2) is 21.8 Å². The van der Waals surface area contributed by atoms with Crippen LogP contribution in [0.1, 0.15) is 11.1 Å². The predicted octanol–water partition coefficient (Wildman–Crippen LogP) is 1.20. The normalized spacial score (nSPS) is 10.6. The second kappa shape index (κ2) is 2.65. The van der Waals surface area contributed by atoms with Crippen molar-refractivity contribution in [3.8, 4) is 0 Å². The summed E-state index contributed by atoms with van der Waals surface area (Å²) in [7, 11) is 0. The third-order valence-electron chi connectivity index (χ3n) is 2.08. The van der Waals surface area contributed by atoms with E-state index in [1.165, 1.54) is 0 Å². The van der Waals surface area contributed by atoms with Gasteiger partial charge in [0.25, 0.3) is 0 Å². The molecule has 66 valence electrons. The topological polar surface area (TPSA) is 56.0 Å². The average Bonchev–Trinajstić information content (AvgIpc) is 2.12. The van der Waals surface area contributed by atoms with Gasteiger partial charge in [0.1, 0.15) is 0 Å². The molecule has 0 saturated heterocycles. The predicted molar refractivity (Wildman–Crippen MR) is 47.5 cm³/mol. The van der Waals surface area contributed by atoms with Gasteiger partial charge in [0.2, 0.25) is 0 Å². The first-order valence-corrected chi connectivity index (χ1v) is 3.90. The van der Waals surface area contributed by atoms with E-state index in [1.807, 2.05) is 13.8 Å². The lowest BCUT2D eigenvalue weighted by Gasteiger charge is -2.00. The van der Waals surface area contributed by atoms with Crippen molar-refractivity contribution in [1.29, 1.82) is 0 Å². The molecule has 2 aromatic heterocycles. The molecule has 0 amide bonds. The molecule has 0 bridgehead atoms. The van der Waals surface area contributed by atoms with Gasteiger partial charge in [-0.1, -0.05) is 0 Å². The van der Waals surface area contributed by atoms with Gasteiger partial charge in [0.05, 0.1) is 0 Å². The first-order valence-electron chi connectivity index (χ1n) is 3.90. The van der Waals surface area contributed by atoms with Gasteiger partial charge in [0, 0.05) is 6.20 Å². The number of pyridine rings is 1. The van der Waals surface area contributed by atoms with Crippen LogP contribution in [-0.2, 0) is 0 Å². The van der Waals surface area contributed by atoms with Gasteiger partial charge in [0.15, 0.2) is 17.5 Å². The molecule has 0 saturated carbocycles. The molecule has 2 aromatic rings. The van der Waals surface area contributed by atoms with Crippen molar-refractivity contribution < 1.29 is 4.42 Å². The van der Waals surface area contributed by atoms with E-state index in [1.54, 1.807) is 6.20 Å². The minimum Gasteiger partial charge on any atom is -0.443 e. The average molecular weight is 176 g/mol. The fourth-order valence-electron chi connectivity index (χ4n) is 1.16. The summed E-state index contributed by atoms with van der Waals surface area (Å²) in [6.45, 7) is 3.81. The van der Waals surface area contributed by atoms with E-state index in [0.29, 0.717) is 11.1 Å². The fraction of sp³-hybridized carbons (Fsp3) is 0.222. The molecule has 13 heavy (non-hydrogen) atoms. The van der Waals surface area contributed by atoms with Crippen LogP contribution in [0.2, 0.25) is 0 Å². The Morgan fingerprint density at radius 1 is 1.31 bits per heavy atom. The highest BCUT2D eigenvalue weighted by molar-refractivity contribution is 5.74. The van der Waals surface area contributed by atoms with Crippen molar-refractivity contribution in [2.75, 3.05) is 0 Å². The van der Waals surface area contributed by atoms with Crippen molar-refractivity contribution in [2.45, 2.75) is 13.8 Å². The molecule has 0 spiro atoms. The van der Waals surface area contributed by atoms with E-state index >= 15 is 0 Å². The van der Waals surface area contributed by atoms with Gasteiger partial charge in [-0.15, -0.1) is 0 Å². The Kier molecular flexibility index (Phi) is 1.62. The SMILES string of the molecule is Cc1cnc2c(=O)ncoc2c1C. The summed E-state index contributed by atoms with van der Waals surface area (Å²) in [4.78, 5) is 18.7. The quantitative estimate of drug-likeness (QED) is 0.605. The standard InChI is InChI=1S/C9H8N2O2/c1-5-3-10-7-8(6(5)2)13-4-11-9(7)12/h3-4H,1-2H3. The second-order valence-electron chi connectivity index (χ2n) is 2.90. The number of hydrogen-bond acceptors (Lipinski definition) is 4. The fourth-order valence-corrected chi connectivity index (χ4v) is 1.16. The zero-order chi connectivity index (χ0) is 9.42. The first kappa shape index (κ1) is 7.91. The lowest BCUT2D eigenvalue weighted by molar-refractivity contribution is 0.571. The van der Waals surface area contributed by atoms with Gasteiger partial charge < -0.3 is 4.42 Å². The molecular formula is C9H8N2O2. The zero-order valence-corrected chi connectivity index (χ0v) is 7.37. The molecular weight excluding hydrogens is 168 g/mol. The molecule has 0 aliphatic rings. The van der Waals surface area contributed by atoms with Crippen LogP contribution >= 0.6 is 0 Å². The highest BCUT2D eigenvalue weighted by Gasteiger charge is 2.06. The van der Waals surface area contributed by atoms with Crippen molar-refractivity contribution in [2.24, 2.45) is 0 Å². The Bertz CT molecular complexity index is 516. The Labute approximate surface area is 74.2 Å². The third kappa shape index (κ3) is 1.11. The summed E-state index contributed by atoms with van der Waals surface area (Å²) in [5.74, 6) is 0. The highest BCUT2D eigenvalue weighted by Crippen LogP contribution is 2.14. The van der Waals surface area contributed by atoms with Crippen LogP contribution in [-0.4, -0.2) is 9.97 Å². The van der Waals surface area contributed by atoms with E-state index in [0.717, 1.165) is 17.5 Å². The smallest absolute Gasteiger partial charge is 0.302 e. The lowest BCUT2D eigenvalue weighted by atomic mass is 10.1. The molecule has 2 heterocycles. The zero-order valence-electron chi connectivity index (χ0n) is 7.37. The molecule has 2 rings (SSSR count). The van der Waals surface area contributed by atoms with E-state index in [2.05, 4.69) is 9.97 Å². The van der Waals surface area contributed by atoms with Gasteiger partial charge in [-0.3, -0.25) is 4.79 Å². The van der Waals surface area contributed by atoms with E-state index in [-0.39, 0.29) is 5.56 Å². The summed E-state index contributed by atoms with van der Waals surface area (Å²) in [5.41, 5.74) is 2.42. The summed E-state index contributed by atoms with van der Waals surface area (Å²) in [6, 6.07) is 0. The largest absolute Gasteiger partial charge is 0.443 e. The van der Waals surface area contributed by atoms with Crippen molar-refractivity contribution in [3.05, 3.63) is 34.1 Å². The van der Waals surface area contributed by atoms with Crippen LogP contribution in [0.5, 0.6) is 0 Å². The number of aryl methyl sites for hydroxylation is 2. The Morgan fingerprint density at radius 2 is 2.08 bits per heavy atom. The molecule has 0 radical (unpaired) electrons. The van der Waals surface area contributed by atoms with Gasteiger partial charge in [-0.2, -0.15) is 4.98 Å². The molecule has 0 N–H and O–H groups in total. The molecule has 0 aliphatic carbocycles. The van der Waals surface area contributed by atoms with Crippen LogP contribution in [0, 0.1) is 13.8 Å². The Morgan fingerprint density at radius 3 is 2.85 bits per heavy atom. The third-order valence-corrected chi connectivity index (χ3v) is 2.08. The molecule has 0 aromatic carbocycles. The highest BCUT2D eigenvalue weighted by atomic mass is 16.3. The van der Waals surface area contributed by atoms with E-state index < -0.39 is 0 Å². The van der Waals surface area contributed by atoms with Crippen molar-refractivity contribution in [3.63, 3.8) is 0 Å². The van der Waals surface area contributed by atoms with Gasteiger partial charge >= 0.3 is 5.56 Å². The summed E-state index contributed by atoms with van der Waals surface area (Å²) >= 11 is 0. The lowest BCUT2D eigenvalue weighted by Crippen LogP contribution is -2.07. The summed E-state index contributed by atoms with van der Waals surface area (Å²) < 4.78 is 5.13.